The van der Waals surface area contributed by atoms with E-state index in [9.17, 15) is 0 Å². The van der Waals surface area contributed by atoms with E-state index in [1.165, 1.54) is 0 Å². The highest BCUT2D eigenvalue weighted by molar-refractivity contribution is 5.30. The molecule has 1 aromatic rings. The Morgan fingerprint density at radius 3 is 2.62 bits per heavy atom. The molecule has 0 aromatic heterocycles. The van der Waals surface area contributed by atoms with Crippen LogP contribution in [0.3, 0.4) is 0 Å². The van der Waals surface area contributed by atoms with Crippen molar-refractivity contribution in [3.05, 3.63) is 29.8 Å². The minimum absolute atomic E-state index is 0.0695. The quantitative estimate of drug-likeness (QED) is 0.803. The van der Waals surface area contributed by atoms with Gasteiger partial charge in [-0.15, -0.1) is 0 Å². The summed E-state index contributed by atoms with van der Waals surface area (Å²) in [6.45, 7) is 4.89. The maximum atomic E-state index is 5.86. The summed E-state index contributed by atoms with van der Waals surface area (Å²) in [6.07, 6.45) is 0.282. The fraction of sp³-hybridized carbons (Fsp3) is 0.538. The van der Waals surface area contributed by atoms with Crippen molar-refractivity contribution >= 4 is 0 Å². The van der Waals surface area contributed by atoms with Gasteiger partial charge in [0, 0.05) is 6.54 Å². The second-order valence-electron chi connectivity index (χ2n) is 4.01. The number of hydrogen-bond acceptors (Lipinski definition) is 3. The highest BCUT2D eigenvalue weighted by Gasteiger charge is 2.13. The van der Waals surface area contributed by atoms with Gasteiger partial charge in [0.05, 0.1) is 19.3 Å². The molecule has 0 unspecified atom stereocenters. The number of rotatable bonds is 6. The van der Waals surface area contributed by atoms with Crippen LogP contribution in [0, 0.1) is 0 Å². The molecule has 1 rings (SSSR count). The standard InChI is InChI=1S/C13H21NO2/c1-10(2)16-13(9-14-3)11-6-5-7-12(8-11)15-4/h5-8,10,13-14H,9H2,1-4H3/t13-/m0/s1. The molecule has 1 N–H and O–H groups in total. The first-order valence-electron chi connectivity index (χ1n) is 5.61. The zero-order valence-corrected chi connectivity index (χ0v) is 10.5. The summed E-state index contributed by atoms with van der Waals surface area (Å²) in [5.74, 6) is 0.867. The molecule has 16 heavy (non-hydrogen) atoms. The molecule has 0 amide bonds. The third kappa shape index (κ3) is 3.83. The maximum absolute atomic E-state index is 5.86. The van der Waals surface area contributed by atoms with Crippen molar-refractivity contribution in [1.82, 2.24) is 5.32 Å². The van der Waals surface area contributed by atoms with Gasteiger partial charge in [0.1, 0.15) is 5.75 Å². The molecule has 0 saturated carbocycles. The Hall–Kier alpha value is -1.06. The van der Waals surface area contributed by atoms with E-state index >= 15 is 0 Å². The summed E-state index contributed by atoms with van der Waals surface area (Å²) in [6, 6.07) is 8.01. The molecule has 0 radical (unpaired) electrons. The van der Waals surface area contributed by atoms with E-state index in [4.69, 9.17) is 9.47 Å². The Morgan fingerprint density at radius 2 is 2.06 bits per heavy atom. The van der Waals surface area contributed by atoms with Gasteiger partial charge in [-0.3, -0.25) is 0 Å². The van der Waals surface area contributed by atoms with Crippen LogP contribution in [-0.4, -0.2) is 26.8 Å². The average Bonchev–Trinajstić information content (AvgIpc) is 2.28. The Bertz CT molecular complexity index is 313. The van der Waals surface area contributed by atoms with Crippen molar-refractivity contribution in [3.63, 3.8) is 0 Å². The normalized spacial score (nSPS) is 12.8. The summed E-state index contributed by atoms with van der Waals surface area (Å²) >= 11 is 0. The van der Waals surface area contributed by atoms with Crippen molar-refractivity contribution < 1.29 is 9.47 Å². The van der Waals surface area contributed by atoms with E-state index in [0.717, 1.165) is 17.9 Å². The summed E-state index contributed by atoms with van der Waals surface area (Å²) in [7, 11) is 3.60. The van der Waals surface area contributed by atoms with Crippen LogP contribution in [0.25, 0.3) is 0 Å². The zero-order chi connectivity index (χ0) is 12.0. The van der Waals surface area contributed by atoms with Gasteiger partial charge in [0.25, 0.3) is 0 Å². The summed E-state index contributed by atoms with van der Waals surface area (Å²) in [5.41, 5.74) is 1.14. The molecule has 0 aliphatic carbocycles. The van der Waals surface area contributed by atoms with Crippen molar-refractivity contribution in [1.29, 1.82) is 0 Å². The fourth-order valence-electron chi connectivity index (χ4n) is 1.60. The summed E-state index contributed by atoms with van der Waals surface area (Å²) in [4.78, 5) is 0. The van der Waals surface area contributed by atoms with Crippen molar-refractivity contribution in [2.45, 2.75) is 26.1 Å². The third-order valence-electron chi connectivity index (χ3n) is 2.29. The molecule has 0 heterocycles. The van der Waals surface area contributed by atoms with Crippen LogP contribution in [0.1, 0.15) is 25.5 Å². The molecule has 0 bridgehead atoms. The van der Waals surface area contributed by atoms with Gasteiger partial charge in [0.2, 0.25) is 0 Å². The van der Waals surface area contributed by atoms with Crippen LogP contribution in [0.2, 0.25) is 0 Å². The number of benzene rings is 1. The Kier molecular flexibility index (Phi) is 5.29. The number of hydrogen-bond donors (Lipinski definition) is 1. The van der Waals surface area contributed by atoms with Crippen LogP contribution < -0.4 is 10.1 Å². The van der Waals surface area contributed by atoms with Gasteiger partial charge in [-0.1, -0.05) is 12.1 Å². The molecule has 3 heteroatoms. The number of nitrogens with one attached hydrogen (secondary N) is 1. The number of ether oxygens (including phenoxy) is 2. The minimum Gasteiger partial charge on any atom is -0.497 e. The predicted octanol–water partition coefficient (Wildman–Crippen LogP) is 2.38. The monoisotopic (exact) mass is 223 g/mol. The first-order chi connectivity index (χ1) is 7.67. The van der Waals surface area contributed by atoms with Crippen LogP contribution in [0.5, 0.6) is 5.75 Å². The lowest BCUT2D eigenvalue weighted by Gasteiger charge is -2.21. The van der Waals surface area contributed by atoms with Crippen molar-refractivity contribution in [2.75, 3.05) is 20.7 Å². The molecule has 0 saturated heterocycles. The molecule has 1 aromatic carbocycles. The molecular weight excluding hydrogens is 202 g/mol. The predicted molar refractivity (Wildman–Crippen MR) is 65.9 cm³/mol. The van der Waals surface area contributed by atoms with E-state index < -0.39 is 0 Å². The number of methoxy groups -OCH3 is 1. The molecule has 0 spiro atoms. The highest BCUT2D eigenvalue weighted by Crippen LogP contribution is 2.22. The van der Waals surface area contributed by atoms with Gasteiger partial charge >= 0.3 is 0 Å². The Morgan fingerprint density at radius 1 is 1.31 bits per heavy atom. The summed E-state index contributed by atoms with van der Waals surface area (Å²) in [5, 5.41) is 3.14. The fourth-order valence-corrected chi connectivity index (χ4v) is 1.60. The molecule has 3 nitrogen and oxygen atoms in total. The first kappa shape index (κ1) is 13.0. The molecule has 1 atom stereocenters. The third-order valence-corrected chi connectivity index (χ3v) is 2.29. The summed E-state index contributed by atoms with van der Waals surface area (Å²) < 4.78 is 11.1. The Balaban J connectivity index is 2.82. The first-order valence-corrected chi connectivity index (χ1v) is 5.61. The lowest BCUT2D eigenvalue weighted by molar-refractivity contribution is 0.00804. The van der Waals surface area contributed by atoms with Crippen LogP contribution in [0.4, 0.5) is 0 Å². The van der Waals surface area contributed by atoms with Gasteiger partial charge in [-0.2, -0.15) is 0 Å². The van der Waals surface area contributed by atoms with Crippen LogP contribution >= 0.6 is 0 Å². The van der Waals surface area contributed by atoms with Gasteiger partial charge < -0.3 is 14.8 Å². The second-order valence-corrected chi connectivity index (χ2v) is 4.01. The lowest BCUT2D eigenvalue weighted by Crippen LogP contribution is -2.22. The van der Waals surface area contributed by atoms with E-state index in [2.05, 4.69) is 11.4 Å². The molecular formula is C13H21NO2. The molecule has 0 fully saturated rings. The van der Waals surface area contributed by atoms with E-state index in [0.29, 0.717) is 0 Å². The SMILES string of the molecule is CNC[C@H](OC(C)C)c1cccc(OC)c1. The smallest absolute Gasteiger partial charge is 0.119 e. The van der Waals surface area contributed by atoms with Crippen molar-refractivity contribution in [3.8, 4) is 5.75 Å². The van der Waals surface area contributed by atoms with E-state index in [-0.39, 0.29) is 12.2 Å². The minimum atomic E-state index is 0.0695. The average molecular weight is 223 g/mol. The lowest BCUT2D eigenvalue weighted by atomic mass is 10.1. The second kappa shape index (κ2) is 6.51. The van der Waals surface area contributed by atoms with E-state index in [1.807, 2.05) is 39.1 Å². The van der Waals surface area contributed by atoms with Crippen LogP contribution in [0.15, 0.2) is 24.3 Å². The Labute approximate surface area is 97.8 Å². The van der Waals surface area contributed by atoms with Gasteiger partial charge in [-0.05, 0) is 38.6 Å². The van der Waals surface area contributed by atoms with Gasteiger partial charge in [0.15, 0.2) is 0 Å². The van der Waals surface area contributed by atoms with Crippen LogP contribution in [-0.2, 0) is 4.74 Å². The zero-order valence-electron chi connectivity index (χ0n) is 10.5. The van der Waals surface area contributed by atoms with E-state index in [1.54, 1.807) is 7.11 Å². The maximum Gasteiger partial charge on any atom is 0.119 e. The molecule has 0 aliphatic heterocycles. The molecule has 90 valence electrons. The number of likely N-dealkylation sites (N-methyl/N-ethyl adjacent to an activating group) is 1. The topological polar surface area (TPSA) is 30.5 Å². The van der Waals surface area contributed by atoms with Crippen molar-refractivity contribution in [2.24, 2.45) is 0 Å². The molecule has 0 aliphatic rings. The van der Waals surface area contributed by atoms with Gasteiger partial charge in [-0.25, -0.2) is 0 Å². The highest BCUT2D eigenvalue weighted by atomic mass is 16.5. The largest absolute Gasteiger partial charge is 0.497 e.